The fourth-order valence-corrected chi connectivity index (χ4v) is 4.91. The van der Waals surface area contributed by atoms with Gasteiger partial charge < -0.3 is 26.3 Å². The number of hydrogen-bond acceptors (Lipinski definition) is 3. The van der Waals surface area contributed by atoms with Crippen LogP contribution in [0.3, 0.4) is 0 Å². The molecule has 7 heteroatoms. The highest BCUT2D eigenvalue weighted by Crippen LogP contribution is 2.44. The third kappa shape index (κ3) is 3.89. The molecule has 0 unspecified atom stereocenters. The summed E-state index contributed by atoms with van der Waals surface area (Å²) in [5.41, 5.74) is 11.9. The molecule has 0 atom stereocenters. The number of carbonyl (C=O) groups is 2. The van der Waals surface area contributed by atoms with Crippen LogP contribution < -0.4 is 21.7 Å². The second-order valence-electron chi connectivity index (χ2n) is 10.0. The number of nitrogens with zero attached hydrogens (tertiary/aromatic N) is 1. The lowest BCUT2D eigenvalue weighted by Gasteiger charge is -2.30. The van der Waals surface area contributed by atoms with Gasteiger partial charge in [-0.3, -0.25) is 4.79 Å². The van der Waals surface area contributed by atoms with Gasteiger partial charge in [0.2, 0.25) is 0 Å². The molecule has 0 bridgehead atoms. The quantitative estimate of drug-likeness (QED) is 0.410. The summed E-state index contributed by atoms with van der Waals surface area (Å²) in [5, 5.41) is 9.99. The van der Waals surface area contributed by atoms with Crippen molar-refractivity contribution >= 4 is 34.2 Å². The Labute approximate surface area is 199 Å². The van der Waals surface area contributed by atoms with Gasteiger partial charge in [0.25, 0.3) is 5.91 Å². The largest absolute Gasteiger partial charge is 0.396 e. The molecule has 0 spiro atoms. The standard InChI is InChI=1S/C27H31N5O2/c28-24-22-14-9-17(26(33)29-19-12-13-19)15-23(22)32(21-5-2-6-21)25(24)16-7-10-20(11-8-16)31-27(34)30-18-3-1-4-18/h7-11,14-15,18-19,21H,1-6,12-13,28H2,(H,29,33)(H2,30,31,34). The van der Waals surface area contributed by atoms with Crippen LogP contribution in [0.2, 0.25) is 0 Å². The van der Waals surface area contributed by atoms with E-state index in [2.05, 4.69) is 20.5 Å². The van der Waals surface area contributed by atoms with E-state index in [1.165, 1.54) is 12.8 Å². The number of rotatable bonds is 6. The minimum absolute atomic E-state index is 0.0125. The van der Waals surface area contributed by atoms with Crippen LogP contribution in [0, 0.1) is 0 Å². The van der Waals surface area contributed by atoms with Crippen LogP contribution in [0.1, 0.15) is 67.8 Å². The molecule has 34 heavy (non-hydrogen) atoms. The maximum atomic E-state index is 12.7. The summed E-state index contributed by atoms with van der Waals surface area (Å²) in [6.45, 7) is 0. The number of nitrogen functional groups attached to an aromatic ring is 1. The summed E-state index contributed by atoms with van der Waals surface area (Å²) in [7, 11) is 0. The number of anilines is 2. The Morgan fingerprint density at radius 2 is 1.56 bits per heavy atom. The first-order chi connectivity index (χ1) is 16.6. The molecule has 3 aliphatic rings. The summed E-state index contributed by atoms with van der Waals surface area (Å²) >= 11 is 0. The number of benzene rings is 2. The van der Waals surface area contributed by atoms with Gasteiger partial charge in [0.05, 0.1) is 16.9 Å². The van der Waals surface area contributed by atoms with Gasteiger partial charge in [-0.15, -0.1) is 0 Å². The number of nitrogens with two attached hydrogens (primary N) is 1. The summed E-state index contributed by atoms with van der Waals surface area (Å²) in [6, 6.07) is 14.6. The van der Waals surface area contributed by atoms with Crippen LogP contribution >= 0.6 is 0 Å². The zero-order chi connectivity index (χ0) is 23.2. The molecule has 3 fully saturated rings. The minimum atomic E-state index is -0.155. The van der Waals surface area contributed by atoms with E-state index < -0.39 is 0 Å². The molecule has 3 aliphatic carbocycles. The van der Waals surface area contributed by atoms with Crippen molar-refractivity contribution in [2.75, 3.05) is 11.1 Å². The molecule has 0 saturated heterocycles. The number of urea groups is 1. The fourth-order valence-electron chi connectivity index (χ4n) is 4.91. The molecule has 3 aromatic rings. The van der Waals surface area contributed by atoms with Crippen LogP contribution in [0.25, 0.3) is 22.2 Å². The van der Waals surface area contributed by atoms with Crippen molar-refractivity contribution in [3.63, 3.8) is 0 Å². The number of fused-ring (bicyclic) bond motifs is 1. The molecule has 7 nitrogen and oxygen atoms in total. The summed E-state index contributed by atoms with van der Waals surface area (Å²) in [6.07, 6.45) is 8.84. The van der Waals surface area contributed by atoms with Gasteiger partial charge in [-0.2, -0.15) is 0 Å². The average Bonchev–Trinajstić information content (AvgIpc) is 3.54. The first-order valence-electron chi connectivity index (χ1n) is 12.5. The molecule has 1 aromatic heterocycles. The Morgan fingerprint density at radius 3 is 2.18 bits per heavy atom. The van der Waals surface area contributed by atoms with Crippen molar-refractivity contribution in [1.29, 1.82) is 0 Å². The maximum absolute atomic E-state index is 12.7. The number of amides is 3. The monoisotopic (exact) mass is 457 g/mol. The van der Waals surface area contributed by atoms with Gasteiger partial charge in [-0.25, -0.2) is 4.79 Å². The Kier molecular flexibility index (Phi) is 5.20. The topological polar surface area (TPSA) is 101 Å². The van der Waals surface area contributed by atoms with Crippen LogP contribution in [0.5, 0.6) is 0 Å². The molecular formula is C27H31N5O2. The first kappa shape index (κ1) is 21.1. The Morgan fingerprint density at radius 1 is 0.853 bits per heavy atom. The molecule has 1 heterocycles. The van der Waals surface area contributed by atoms with E-state index in [-0.39, 0.29) is 11.9 Å². The van der Waals surface area contributed by atoms with Gasteiger partial charge in [-0.05, 0) is 81.7 Å². The molecule has 3 amide bonds. The third-order valence-electron chi connectivity index (χ3n) is 7.51. The lowest BCUT2D eigenvalue weighted by Crippen LogP contribution is -2.41. The summed E-state index contributed by atoms with van der Waals surface area (Å²) in [5.74, 6) is -0.0125. The molecule has 6 rings (SSSR count). The van der Waals surface area contributed by atoms with Crippen molar-refractivity contribution in [3.05, 3.63) is 48.0 Å². The van der Waals surface area contributed by atoms with Gasteiger partial charge >= 0.3 is 6.03 Å². The van der Waals surface area contributed by atoms with Crippen molar-refractivity contribution in [2.45, 2.75) is 69.5 Å². The van der Waals surface area contributed by atoms with Crippen LogP contribution in [0.4, 0.5) is 16.2 Å². The van der Waals surface area contributed by atoms with E-state index >= 15 is 0 Å². The predicted octanol–water partition coefficient (Wildman–Crippen LogP) is 5.18. The van der Waals surface area contributed by atoms with Gasteiger partial charge in [0.1, 0.15) is 0 Å². The molecule has 176 valence electrons. The second kappa shape index (κ2) is 8.38. The maximum Gasteiger partial charge on any atom is 0.319 e. The van der Waals surface area contributed by atoms with E-state index in [4.69, 9.17) is 5.73 Å². The smallest absolute Gasteiger partial charge is 0.319 e. The zero-order valence-corrected chi connectivity index (χ0v) is 19.3. The predicted molar refractivity (Wildman–Crippen MR) is 135 cm³/mol. The van der Waals surface area contributed by atoms with Crippen molar-refractivity contribution in [2.24, 2.45) is 0 Å². The van der Waals surface area contributed by atoms with Gasteiger partial charge in [-0.1, -0.05) is 12.1 Å². The summed E-state index contributed by atoms with van der Waals surface area (Å²) < 4.78 is 2.33. The normalized spacial score (nSPS) is 18.2. The number of carbonyl (C=O) groups excluding carboxylic acids is 2. The van der Waals surface area contributed by atoms with Gasteiger partial charge in [0, 0.05) is 40.3 Å². The number of aromatic nitrogens is 1. The van der Waals surface area contributed by atoms with E-state index in [0.717, 1.165) is 72.1 Å². The SMILES string of the molecule is Nc1c(-c2ccc(NC(=O)NC3CCC3)cc2)n(C2CCC2)c2cc(C(=O)NC3CC3)ccc12. The van der Waals surface area contributed by atoms with E-state index in [0.29, 0.717) is 23.7 Å². The molecular weight excluding hydrogens is 426 g/mol. The van der Waals surface area contributed by atoms with Crippen LogP contribution in [-0.2, 0) is 0 Å². The molecule has 0 radical (unpaired) electrons. The highest BCUT2D eigenvalue weighted by Gasteiger charge is 2.28. The van der Waals surface area contributed by atoms with Crippen molar-refractivity contribution < 1.29 is 9.59 Å². The van der Waals surface area contributed by atoms with Gasteiger partial charge in [0.15, 0.2) is 0 Å². The molecule has 3 saturated carbocycles. The Bertz CT molecular complexity index is 1250. The highest BCUT2D eigenvalue weighted by molar-refractivity contribution is 6.05. The first-order valence-corrected chi connectivity index (χ1v) is 12.5. The average molecular weight is 458 g/mol. The molecule has 2 aromatic carbocycles. The second-order valence-corrected chi connectivity index (χ2v) is 10.0. The van der Waals surface area contributed by atoms with Crippen molar-refractivity contribution in [1.82, 2.24) is 15.2 Å². The third-order valence-corrected chi connectivity index (χ3v) is 7.51. The Balaban J connectivity index is 1.32. The Hall–Kier alpha value is -3.48. The van der Waals surface area contributed by atoms with Crippen molar-refractivity contribution in [3.8, 4) is 11.3 Å². The summed E-state index contributed by atoms with van der Waals surface area (Å²) in [4.78, 5) is 24.9. The zero-order valence-electron chi connectivity index (χ0n) is 19.3. The molecule has 0 aliphatic heterocycles. The highest BCUT2D eigenvalue weighted by atomic mass is 16.2. The lowest BCUT2D eigenvalue weighted by molar-refractivity contribution is 0.0951. The van der Waals surface area contributed by atoms with E-state index in [9.17, 15) is 9.59 Å². The fraction of sp³-hybridized carbons (Fsp3) is 0.407. The van der Waals surface area contributed by atoms with Crippen LogP contribution in [-0.4, -0.2) is 28.6 Å². The lowest BCUT2D eigenvalue weighted by atomic mass is 9.92. The van der Waals surface area contributed by atoms with E-state index in [1.54, 1.807) is 0 Å². The minimum Gasteiger partial charge on any atom is -0.396 e. The molecule has 5 N–H and O–H groups in total. The number of hydrogen-bond donors (Lipinski definition) is 4. The van der Waals surface area contributed by atoms with Crippen LogP contribution in [0.15, 0.2) is 42.5 Å². The van der Waals surface area contributed by atoms with E-state index in [1.807, 2.05) is 42.5 Å². The number of nitrogens with one attached hydrogen (secondary N) is 3.